The van der Waals surface area contributed by atoms with Crippen molar-refractivity contribution in [3.8, 4) is 0 Å². The lowest BCUT2D eigenvalue weighted by Crippen LogP contribution is -2.29. The molecule has 0 bridgehead atoms. The highest BCUT2D eigenvalue weighted by Crippen LogP contribution is 2.36. The van der Waals surface area contributed by atoms with Gasteiger partial charge in [0.2, 0.25) is 0 Å². The molecule has 0 radical (unpaired) electrons. The van der Waals surface area contributed by atoms with Gasteiger partial charge in [0.05, 0.1) is 0 Å². The minimum atomic E-state index is -0.0222. The topological polar surface area (TPSA) is 62.7 Å². The molecule has 15 heavy (non-hydrogen) atoms. The first-order chi connectivity index (χ1) is 7.36. The fraction of sp³-hybridized carbons (Fsp3) is 0.800. The molecule has 0 spiro atoms. The zero-order valence-corrected chi connectivity index (χ0v) is 8.70. The highest BCUT2D eigenvalue weighted by molar-refractivity contribution is 5.03. The third-order valence-electron chi connectivity index (χ3n) is 3.35. The largest absolute Gasteiger partial charge is 0.343 e. The molecule has 5 nitrogen and oxygen atoms in total. The highest BCUT2D eigenvalue weighted by Gasteiger charge is 2.31. The van der Waals surface area contributed by atoms with Gasteiger partial charge in [0.25, 0.3) is 0 Å². The van der Waals surface area contributed by atoms with Crippen molar-refractivity contribution < 1.29 is 0 Å². The van der Waals surface area contributed by atoms with E-state index in [1.807, 2.05) is 4.57 Å². The van der Waals surface area contributed by atoms with E-state index in [2.05, 4.69) is 15.5 Å². The van der Waals surface area contributed by atoms with Crippen LogP contribution in [0.5, 0.6) is 0 Å². The van der Waals surface area contributed by atoms with Crippen molar-refractivity contribution in [2.75, 3.05) is 13.1 Å². The summed E-state index contributed by atoms with van der Waals surface area (Å²) in [6.45, 7) is 2.08. The Balaban J connectivity index is 1.92. The normalized spacial score (nSPS) is 23.2. The molecular weight excluding hydrogens is 192 g/mol. The number of aromatic nitrogens is 3. The van der Waals surface area contributed by atoms with Crippen LogP contribution < -0.4 is 11.0 Å². The van der Waals surface area contributed by atoms with Gasteiger partial charge in [-0.1, -0.05) is 0 Å². The van der Waals surface area contributed by atoms with Crippen molar-refractivity contribution in [1.29, 1.82) is 0 Å². The molecule has 2 fully saturated rings. The van der Waals surface area contributed by atoms with Crippen molar-refractivity contribution in [2.24, 2.45) is 0 Å². The van der Waals surface area contributed by atoms with Crippen molar-refractivity contribution in [3.63, 3.8) is 0 Å². The Morgan fingerprint density at radius 1 is 1.20 bits per heavy atom. The summed E-state index contributed by atoms with van der Waals surface area (Å²) in [4.78, 5) is 11.6. The second-order valence-electron chi connectivity index (χ2n) is 4.51. The van der Waals surface area contributed by atoms with Crippen molar-refractivity contribution >= 4 is 0 Å². The molecule has 82 valence electrons. The van der Waals surface area contributed by atoms with Gasteiger partial charge in [-0.05, 0) is 38.8 Å². The average Bonchev–Trinajstić information content (AvgIpc) is 3.03. The Labute approximate surface area is 87.9 Å². The lowest BCUT2D eigenvalue weighted by molar-refractivity contribution is 0.429. The van der Waals surface area contributed by atoms with Gasteiger partial charge in [0.15, 0.2) is 0 Å². The summed E-state index contributed by atoms with van der Waals surface area (Å²) in [5.74, 6) is 1.45. The number of hydrogen-bond acceptors (Lipinski definition) is 3. The van der Waals surface area contributed by atoms with Gasteiger partial charge in [-0.15, -0.1) is 0 Å². The average molecular weight is 208 g/mol. The molecule has 0 unspecified atom stereocenters. The van der Waals surface area contributed by atoms with Gasteiger partial charge in [-0.2, -0.15) is 5.10 Å². The summed E-state index contributed by atoms with van der Waals surface area (Å²) in [6, 6.07) is 0.432. The van der Waals surface area contributed by atoms with Crippen LogP contribution >= 0.6 is 0 Å². The molecular formula is C10H16N4O. The molecule has 1 saturated carbocycles. The van der Waals surface area contributed by atoms with E-state index in [1.54, 1.807) is 0 Å². The van der Waals surface area contributed by atoms with E-state index >= 15 is 0 Å². The highest BCUT2D eigenvalue weighted by atomic mass is 16.1. The van der Waals surface area contributed by atoms with Crippen molar-refractivity contribution in [2.45, 2.75) is 37.6 Å². The Bertz CT molecular complexity index is 398. The predicted octanol–water partition coefficient (Wildman–Crippen LogP) is 0.373. The summed E-state index contributed by atoms with van der Waals surface area (Å²) >= 11 is 0. The van der Waals surface area contributed by atoms with E-state index in [-0.39, 0.29) is 5.69 Å². The first-order valence-corrected chi connectivity index (χ1v) is 5.74. The Morgan fingerprint density at radius 3 is 2.60 bits per heavy atom. The van der Waals surface area contributed by atoms with E-state index in [4.69, 9.17) is 0 Å². The maximum Gasteiger partial charge on any atom is 0.343 e. The van der Waals surface area contributed by atoms with Crippen LogP contribution in [0.25, 0.3) is 0 Å². The Hall–Kier alpha value is -1.10. The van der Waals surface area contributed by atoms with Crippen molar-refractivity contribution in [1.82, 2.24) is 20.1 Å². The molecule has 3 rings (SSSR count). The number of hydrogen-bond donors (Lipinski definition) is 2. The SMILES string of the molecule is O=c1[nH]nc(C2CCNCC2)n1C1CC1. The number of nitrogens with zero attached hydrogens (tertiary/aromatic N) is 2. The number of piperidine rings is 1. The van der Waals surface area contributed by atoms with E-state index < -0.39 is 0 Å². The molecule has 2 aliphatic rings. The second-order valence-corrected chi connectivity index (χ2v) is 4.51. The summed E-state index contributed by atoms with van der Waals surface area (Å²) in [5, 5.41) is 10.1. The number of H-pyrrole nitrogens is 1. The third kappa shape index (κ3) is 1.61. The Morgan fingerprint density at radius 2 is 1.93 bits per heavy atom. The fourth-order valence-corrected chi connectivity index (χ4v) is 2.37. The van der Waals surface area contributed by atoms with Crippen LogP contribution in [0.2, 0.25) is 0 Å². The molecule has 1 aromatic heterocycles. The summed E-state index contributed by atoms with van der Waals surface area (Å²) in [6.07, 6.45) is 4.46. The summed E-state index contributed by atoms with van der Waals surface area (Å²) < 4.78 is 1.88. The number of aromatic amines is 1. The van der Waals surface area contributed by atoms with E-state index in [0.717, 1.165) is 44.6 Å². The zero-order chi connectivity index (χ0) is 10.3. The minimum Gasteiger partial charge on any atom is -0.317 e. The molecule has 0 atom stereocenters. The molecule has 2 heterocycles. The van der Waals surface area contributed by atoms with Crippen LogP contribution in [0, 0.1) is 0 Å². The van der Waals surface area contributed by atoms with E-state index in [0.29, 0.717) is 12.0 Å². The van der Waals surface area contributed by atoms with Crippen LogP contribution in [-0.2, 0) is 0 Å². The van der Waals surface area contributed by atoms with E-state index in [1.165, 1.54) is 0 Å². The molecule has 5 heteroatoms. The van der Waals surface area contributed by atoms with Gasteiger partial charge < -0.3 is 5.32 Å². The number of nitrogens with one attached hydrogen (secondary N) is 2. The lowest BCUT2D eigenvalue weighted by atomic mass is 9.97. The standard InChI is InChI=1S/C10H16N4O/c15-10-13-12-9(14(10)8-1-2-8)7-3-5-11-6-4-7/h7-8,11H,1-6H2,(H,13,15). The van der Waals surface area contributed by atoms with Crippen LogP contribution in [-0.4, -0.2) is 27.9 Å². The second kappa shape index (κ2) is 3.48. The van der Waals surface area contributed by atoms with Gasteiger partial charge in [-0.3, -0.25) is 4.57 Å². The first kappa shape index (κ1) is 9.15. The van der Waals surface area contributed by atoms with Gasteiger partial charge in [0, 0.05) is 12.0 Å². The van der Waals surface area contributed by atoms with Gasteiger partial charge in [0.1, 0.15) is 5.82 Å². The maximum atomic E-state index is 11.6. The van der Waals surface area contributed by atoms with Crippen LogP contribution in [0.4, 0.5) is 0 Å². The maximum absolute atomic E-state index is 11.6. The molecule has 2 N–H and O–H groups in total. The predicted molar refractivity (Wildman–Crippen MR) is 56.0 cm³/mol. The van der Waals surface area contributed by atoms with Crippen molar-refractivity contribution in [3.05, 3.63) is 16.3 Å². The zero-order valence-electron chi connectivity index (χ0n) is 8.70. The molecule has 1 aromatic rings. The number of rotatable bonds is 2. The van der Waals surface area contributed by atoms with Gasteiger partial charge in [-0.25, -0.2) is 9.89 Å². The third-order valence-corrected chi connectivity index (χ3v) is 3.35. The monoisotopic (exact) mass is 208 g/mol. The van der Waals surface area contributed by atoms with Gasteiger partial charge >= 0.3 is 5.69 Å². The summed E-state index contributed by atoms with van der Waals surface area (Å²) in [7, 11) is 0. The smallest absolute Gasteiger partial charge is 0.317 e. The molecule has 0 aromatic carbocycles. The fourth-order valence-electron chi connectivity index (χ4n) is 2.37. The van der Waals surface area contributed by atoms with Crippen LogP contribution in [0.3, 0.4) is 0 Å². The lowest BCUT2D eigenvalue weighted by Gasteiger charge is -2.21. The Kier molecular flexibility index (Phi) is 2.12. The molecule has 0 amide bonds. The van der Waals surface area contributed by atoms with Crippen LogP contribution in [0.15, 0.2) is 4.79 Å². The van der Waals surface area contributed by atoms with Crippen LogP contribution in [0.1, 0.15) is 43.5 Å². The molecule has 1 saturated heterocycles. The van der Waals surface area contributed by atoms with E-state index in [9.17, 15) is 4.79 Å². The first-order valence-electron chi connectivity index (χ1n) is 5.74. The quantitative estimate of drug-likeness (QED) is 0.738. The minimum absolute atomic E-state index is 0.0222. The molecule has 1 aliphatic carbocycles. The molecule has 1 aliphatic heterocycles. The summed E-state index contributed by atoms with van der Waals surface area (Å²) in [5.41, 5.74) is -0.0222.